The lowest BCUT2D eigenvalue weighted by molar-refractivity contribution is -0.143. The number of carbonyl (C=O) groups excluding carboxylic acids is 1. The number of carbonyl (C=O) groups is 1. The molecule has 3 aromatic rings. The molecular formula is C21H20F6N6O2S. The molecule has 2 heterocycles. The lowest BCUT2D eigenvalue weighted by Gasteiger charge is -2.25. The molecule has 0 bridgehead atoms. The molecular weight excluding hydrogens is 514 g/mol. The van der Waals surface area contributed by atoms with Crippen LogP contribution in [-0.4, -0.2) is 54.3 Å². The van der Waals surface area contributed by atoms with Gasteiger partial charge in [0.25, 0.3) is 5.91 Å². The molecule has 8 nitrogen and oxygen atoms in total. The first-order valence-corrected chi connectivity index (χ1v) is 12.4. The van der Waals surface area contributed by atoms with E-state index < -0.39 is 50.7 Å². The summed E-state index contributed by atoms with van der Waals surface area (Å²) in [6.45, 7) is 1.48. The van der Waals surface area contributed by atoms with E-state index in [0.29, 0.717) is 17.8 Å². The van der Waals surface area contributed by atoms with Crippen LogP contribution in [0.4, 0.5) is 32.0 Å². The highest BCUT2D eigenvalue weighted by Crippen LogP contribution is 2.37. The van der Waals surface area contributed by atoms with Crippen LogP contribution in [0, 0.1) is 0 Å². The summed E-state index contributed by atoms with van der Waals surface area (Å²) in [7, 11) is -1.21. The number of nitrogens with zero attached hydrogens (tertiary/aromatic N) is 6. The molecule has 0 aliphatic carbocycles. The predicted octanol–water partition coefficient (Wildman–Crippen LogP) is 4.89. The Morgan fingerprint density at radius 3 is 2.08 bits per heavy atom. The van der Waals surface area contributed by atoms with Gasteiger partial charge in [-0.25, -0.2) is 14.2 Å². The topological polar surface area (TPSA) is 93.3 Å². The van der Waals surface area contributed by atoms with E-state index in [1.165, 1.54) is 49.5 Å². The molecule has 194 valence electrons. The normalized spacial score (nSPS) is 13.4. The Balaban J connectivity index is 1.95. The zero-order chi connectivity index (χ0) is 27.1. The van der Waals surface area contributed by atoms with Gasteiger partial charge in [-0.2, -0.15) is 40.5 Å². The molecule has 1 atom stereocenters. The lowest BCUT2D eigenvalue weighted by atomic mass is 10.0. The molecule has 0 unspecified atom stereocenters. The molecule has 2 aromatic heterocycles. The van der Waals surface area contributed by atoms with Crippen molar-refractivity contribution in [1.82, 2.24) is 24.6 Å². The average molecular weight is 534 g/mol. The van der Waals surface area contributed by atoms with Crippen molar-refractivity contribution in [2.75, 3.05) is 19.6 Å². The van der Waals surface area contributed by atoms with E-state index >= 15 is 0 Å². The van der Waals surface area contributed by atoms with E-state index in [1.54, 1.807) is 0 Å². The fourth-order valence-electron chi connectivity index (χ4n) is 3.15. The summed E-state index contributed by atoms with van der Waals surface area (Å²) in [6, 6.07) is 2.79. The Bertz CT molecular complexity index is 1350. The third-order valence-corrected chi connectivity index (χ3v) is 5.61. The first kappa shape index (κ1) is 27.1. The monoisotopic (exact) mass is 534 g/mol. The number of halogens is 6. The van der Waals surface area contributed by atoms with Gasteiger partial charge in [-0.3, -0.25) is 4.79 Å². The highest BCUT2D eigenvalue weighted by atomic mass is 32.2. The summed E-state index contributed by atoms with van der Waals surface area (Å²) in [6.07, 6.45) is -4.78. The molecule has 3 rings (SSSR count). The zero-order valence-electron chi connectivity index (χ0n) is 19.3. The zero-order valence-corrected chi connectivity index (χ0v) is 20.1. The summed E-state index contributed by atoms with van der Waals surface area (Å²) in [5.41, 5.74) is -3.63. The fraction of sp³-hybridized carbons (Fsp3) is 0.333. The van der Waals surface area contributed by atoms with Crippen LogP contribution in [0.15, 0.2) is 47.2 Å². The van der Waals surface area contributed by atoms with Gasteiger partial charge in [-0.15, -0.1) is 0 Å². The number of hydrogen-bond donors (Lipinski definition) is 0. The van der Waals surface area contributed by atoms with E-state index in [4.69, 9.17) is 0 Å². The van der Waals surface area contributed by atoms with Gasteiger partial charge in [0.2, 0.25) is 0 Å². The van der Waals surface area contributed by atoms with Gasteiger partial charge < -0.3 is 4.90 Å². The first-order valence-electron chi connectivity index (χ1n) is 10.1. The standard InChI is InChI=1S/C21H20F6N6O2S/c1-12(18-29-11-30-33(18)17-6-5-16(10-28-17)31-36(3,4)35)32(2)19(34)13-7-14(20(22,23)24)9-15(8-13)21(25,26)27/h5-12H,1-4H3/t12-/m0/s1. The second-order valence-corrected chi connectivity index (χ2v) is 10.6. The van der Waals surface area contributed by atoms with Crippen molar-refractivity contribution in [3.05, 3.63) is 65.4 Å². The first-order chi connectivity index (χ1) is 16.5. The highest BCUT2D eigenvalue weighted by Gasteiger charge is 2.38. The van der Waals surface area contributed by atoms with Crippen molar-refractivity contribution in [2.24, 2.45) is 4.36 Å². The number of pyridine rings is 1. The fourth-order valence-corrected chi connectivity index (χ4v) is 3.77. The Hall–Kier alpha value is -3.49. The maximum absolute atomic E-state index is 13.2. The smallest absolute Gasteiger partial charge is 0.332 e. The number of hydrogen-bond acceptors (Lipinski definition) is 6. The molecule has 1 amide bonds. The second-order valence-electron chi connectivity index (χ2n) is 8.06. The molecule has 0 spiro atoms. The molecule has 1 aromatic carbocycles. The van der Waals surface area contributed by atoms with Gasteiger partial charge in [-0.1, -0.05) is 0 Å². The quantitative estimate of drug-likeness (QED) is 0.435. The van der Waals surface area contributed by atoms with Gasteiger partial charge in [0, 0.05) is 34.9 Å². The Morgan fingerprint density at radius 2 is 1.61 bits per heavy atom. The molecule has 0 aliphatic rings. The number of rotatable bonds is 5. The van der Waals surface area contributed by atoms with E-state index in [9.17, 15) is 35.3 Å². The van der Waals surface area contributed by atoms with Crippen molar-refractivity contribution < 1.29 is 35.3 Å². The summed E-state index contributed by atoms with van der Waals surface area (Å²) in [4.78, 5) is 22.1. The van der Waals surface area contributed by atoms with E-state index in [2.05, 4.69) is 19.4 Å². The van der Waals surface area contributed by atoms with Crippen molar-refractivity contribution in [3.8, 4) is 5.82 Å². The minimum atomic E-state index is -5.09. The molecule has 36 heavy (non-hydrogen) atoms. The molecule has 0 radical (unpaired) electrons. The average Bonchev–Trinajstić information content (AvgIpc) is 3.25. The van der Waals surface area contributed by atoms with Crippen LogP contribution in [0.3, 0.4) is 0 Å². The third-order valence-electron chi connectivity index (χ3n) is 4.96. The Kier molecular flexibility index (Phi) is 7.17. The van der Waals surface area contributed by atoms with Crippen LogP contribution in [0.25, 0.3) is 5.82 Å². The van der Waals surface area contributed by atoms with Crippen LogP contribution in [0.5, 0.6) is 0 Å². The Morgan fingerprint density at radius 1 is 1.03 bits per heavy atom. The highest BCUT2D eigenvalue weighted by molar-refractivity contribution is 7.92. The van der Waals surface area contributed by atoms with Crippen LogP contribution < -0.4 is 0 Å². The predicted molar refractivity (Wildman–Crippen MR) is 118 cm³/mol. The van der Waals surface area contributed by atoms with Gasteiger partial charge in [0.15, 0.2) is 11.6 Å². The molecule has 0 fully saturated rings. The SMILES string of the molecule is C[C@@H](c1ncnn1-c1ccc(N=S(C)(C)=O)cn1)N(C)C(=O)c1cc(C(F)(F)F)cc(C(F)(F)F)c1. The van der Waals surface area contributed by atoms with Gasteiger partial charge in [0.05, 0.1) is 29.1 Å². The van der Waals surface area contributed by atoms with E-state index in [-0.39, 0.29) is 17.7 Å². The number of amides is 1. The van der Waals surface area contributed by atoms with Crippen molar-refractivity contribution in [3.63, 3.8) is 0 Å². The van der Waals surface area contributed by atoms with Gasteiger partial charge in [0.1, 0.15) is 6.33 Å². The largest absolute Gasteiger partial charge is 0.416 e. The maximum Gasteiger partial charge on any atom is 0.416 e. The van der Waals surface area contributed by atoms with E-state index in [0.717, 1.165) is 11.2 Å². The van der Waals surface area contributed by atoms with Crippen LogP contribution in [-0.2, 0) is 22.1 Å². The molecule has 15 heteroatoms. The summed E-state index contributed by atoms with van der Waals surface area (Å²) >= 11 is 0. The number of aromatic nitrogens is 4. The van der Waals surface area contributed by atoms with Gasteiger partial charge >= 0.3 is 12.4 Å². The van der Waals surface area contributed by atoms with Gasteiger partial charge in [-0.05, 0) is 37.3 Å². The molecule has 0 saturated heterocycles. The second kappa shape index (κ2) is 9.52. The third kappa shape index (κ3) is 6.19. The number of benzene rings is 1. The van der Waals surface area contributed by atoms with Crippen LogP contribution >= 0.6 is 0 Å². The summed E-state index contributed by atoms with van der Waals surface area (Å²) in [5.74, 6) is -0.705. The lowest BCUT2D eigenvalue weighted by Crippen LogP contribution is -2.32. The minimum absolute atomic E-state index is 0.0477. The summed E-state index contributed by atoms with van der Waals surface area (Å²) < 4.78 is 96.3. The number of alkyl halides is 6. The van der Waals surface area contributed by atoms with Crippen molar-refractivity contribution in [1.29, 1.82) is 0 Å². The molecule has 0 N–H and O–H groups in total. The van der Waals surface area contributed by atoms with E-state index in [1.807, 2.05) is 0 Å². The molecule has 0 saturated carbocycles. The maximum atomic E-state index is 13.2. The molecule has 0 aliphatic heterocycles. The Labute approximate surface area is 202 Å². The van der Waals surface area contributed by atoms with Crippen molar-refractivity contribution >= 4 is 21.3 Å². The minimum Gasteiger partial charge on any atom is -0.332 e. The summed E-state index contributed by atoms with van der Waals surface area (Å²) in [5, 5.41) is 4.04. The van der Waals surface area contributed by atoms with Crippen LogP contribution in [0.1, 0.15) is 40.3 Å². The van der Waals surface area contributed by atoms with Crippen LogP contribution in [0.2, 0.25) is 0 Å². The van der Waals surface area contributed by atoms with Crippen molar-refractivity contribution in [2.45, 2.75) is 25.3 Å².